The van der Waals surface area contributed by atoms with Crippen LogP contribution in [0.4, 0.5) is 17.1 Å². The molecule has 3 heteroatoms. The molecule has 0 spiro atoms. The Kier molecular flexibility index (Phi) is 9.29. The van der Waals surface area contributed by atoms with E-state index in [0.29, 0.717) is 17.8 Å². The van der Waals surface area contributed by atoms with Gasteiger partial charge in [0.1, 0.15) is 11.5 Å². The fourth-order valence-corrected chi connectivity index (χ4v) is 11.3. The smallest absolute Gasteiger partial charge is 0.251 e. The van der Waals surface area contributed by atoms with E-state index in [4.69, 9.17) is 4.74 Å². The summed E-state index contributed by atoms with van der Waals surface area (Å²) >= 11 is 0. The molecule has 0 aromatic heterocycles. The molecule has 0 amide bonds. The van der Waals surface area contributed by atoms with Gasteiger partial charge in [0.15, 0.2) is 0 Å². The molecule has 61 heavy (non-hydrogen) atoms. The van der Waals surface area contributed by atoms with Gasteiger partial charge in [-0.05, 0) is 121 Å². The zero-order chi connectivity index (χ0) is 42.5. The van der Waals surface area contributed by atoms with Gasteiger partial charge in [-0.25, -0.2) is 0 Å². The first-order chi connectivity index (χ1) is 29.3. The van der Waals surface area contributed by atoms with Crippen molar-refractivity contribution in [2.75, 3.05) is 4.90 Å². The molecule has 7 aromatic carbocycles. The van der Waals surface area contributed by atoms with Crippen molar-refractivity contribution in [1.82, 2.24) is 0 Å². The Morgan fingerprint density at radius 1 is 0.492 bits per heavy atom. The number of hydrogen-bond acceptors (Lipinski definition) is 2. The van der Waals surface area contributed by atoms with Crippen molar-refractivity contribution in [3.63, 3.8) is 0 Å². The van der Waals surface area contributed by atoms with Crippen LogP contribution in [0, 0.1) is 0 Å². The first kappa shape index (κ1) is 39.3. The SMILES string of the molecule is CC(C)c1cc(C(C)C)c(B2c3cc(C4c5ccccc5C(C)(C)c5ccccc54)ccc3Oc3ccc(N4c5ccccc5C(C)(C)c5ccccc54)cc32)c(C(C)C)c1. The van der Waals surface area contributed by atoms with Crippen molar-refractivity contribution in [2.45, 2.75) is 104 Å². The van der Waals surface area contributed by atoms with E-state index in [1.54, 1.807) is 0 Å². The molecule has 0 saturated heterocycles. The lowest BCUT2D eigenvalue weighted by Gasteiger charge is -2.42. The minimum Gasteiger partial charge on any atom is -0.458 e. The number of hydrogen-bond donors (Lipinski definition) is 0. The summed E-state index contributed by atoms with van der Waals surface area (Å²) < 4.78 is 7.10. The molecule has 10 rings (SSSR count). The summed E-state index contributed by atoms with van der Waals surface area (Å²) in [7, 11) is 0. The summed E-state index contributed by atoms with van der Waals surface area (Å²) in [5.74, 6) is 3.06. The molecule has 0 unspecified atom stereocenters. The van der Waals surface area contributed by atoms with Crippen molar-refractivity contribution in [1.29, 1.82) is 0 Å². The van der Waals surface area contributed by atoms with Gasteiger partial charge in [-0.15, -0.1) is 0 Å². The molecule has 0 bridgehead atoms. The molecule has 0 fully saturated rings. The standard InChI is InChI=1S/C58H58BNO/c1-35(2)39-31-43(36(3)4)56(44(32-39)37(5)6)59-49-33-38(55-41-19-11-13-21-45(41)57(7,8)46-22-14-12-20-42(46)55)27-29-53(49)61-54-30-28-40(34-50(54)59)60-51-25-17-15-23-47(51)58(9,10)48-24-16-18-26-52(48)60/h11-37,55H,1-10H3. The second-order valence-electron chi connectivity index (χ2n) is 19.9. The Labute approximate surface area is 364 Å². The summed E-state index contributed by atoms with van der Waals surface area (Å²) in [6, 6.07) is 55.3. The third-order valence-corrected chi connectivity index (χ3v) is 14.5. The van der Waals surface area contributed by atoms with E-state index < -0.39 is 0 Å². The molecular weight excluding hydrogens is 737 g/mol. The Hall–Kier alpha value is -5.80. The van der Waals surface area contributed by atoms with E-state index in [2.05, 4.69) is 220 Å². The third kappa shape index (κ3) is 6.05. The van der Waals surface area contributed by atoms with Gasteiger partial charge in [0.05, 0.1) is 11.4 Å². The van der Waals surface area contributed by atoms with Crippen molar-refractivity contribution in [3.8, 4) is 11.5 Å². The lowest BCUT2D eigenvalue weighted by Crippen LogP contribution is -2.57. The van der Waals surface area contributed by atoms with Gasteiger partial charge in [0.2, 0.25) is 0 Å². The average Bonchev–Trinajstić information content (AvgIpc) is 3.25. The maximum absolute atomic E-state index is 7.10. The number of ether oxygens (including phenoxy) is 1. The van der Waals surface area contributed by atoms with Gasteiger partial charge in [-0.1, -0.05) is 184 Å². The van der Waals surface area contributed by atoms with Gasteiger partial charge in [-0.3, -0.25) is 0 Å². The van der Waals surface area contributed by atoms with Crippen LogP contribution in [0.15, 0.2) is 146 Å². The summed E-state index contributed by atoms with van der Waals surface area (Å²) in [4.78, 5) is 2.49. The minimum absolute atomic E-state index is 0.0492. The summed E-state index contributed by atoms with van der Waals surface area (Å²) in [6.45, 7) is 23.6. The predicted molar refractivity (Wildman–Crippen MR) is 259 cm³/mol. The lowest BCUT2D eigenvalue weighted by atomic mass is 9.33. The first-order valence-corrected chi connectivity index (χ1v) is 22.6. The molecule has 1 aliphatic carbocycles. The maximum atomic E-state index is 7.10. The number of benzene rings is 7. The van der Waals surface area contributed by atoms with Gasteiger partial charge in [0, 0.05) is 22.4 Å². The van der Waals surface area contributed by atoms with Crippen LogP contribution in [0.3, 0.4) is 0 Å². The second kappa shape index (κ2) is 14.4. The Balaban J connectivity index is 1.25. The Morgan fingerprint density at radius 3 is 1.48 bits per heavy atom. The highest BCUT2D eigenvalue weighted by Crippen LogP contribution is 2.52. The van der Waals surface area contributed by atoms with Crippen LogP contribution in [0.1, 0.15) is 149 Å². The van der Waals surface area contributed by atoms with Gasteiger partial charge in [-0.2, -0.15) is 0 Å². The zero-order valence-corrected chi connectivity index (χ0v) is 37.6. The van der Waals surface area contributed by atoms with Crippen molar-refractivity contribution >= 4 is 40.2 Å². The van der Waals surface area contributed by atoms with E-state index in [-0.39, 0.29) is 23.5 Å². The fraction of sp³-hybridized carbons (Fsp3) is 0.276. The second-order valence-corrected chi connectivity index (χ2v) is 19.9. The Bertz CT molecular complexity index is 2570. The number of anilines is 3. The molecule has 7 aromatic rings. The third-order valence-electron chi connectivity index (χ3n) is 14.5. The summed E-state index contributed by atoms with van der Waals surface area (Å²) in [5.41, 5.74) is 21.1. The quantitative estimate of drug-likeness (QED) is 0.155. The van der Waals surface area contributed by atoms with E-state index in [1.807, 2.05) is 0 Å². The molecule has 2 aliphatic heterocycles. The van der Waals surface area contributed by atoms with Crippen LogP contribution in [0.5, 0.6) is 11.5 Å². The lowest BCUT2D eigenvalue weighted by molar-refractivity contribution is 0.487. The molecule has 2 heterocycles. The average molecular weight is 796 g/mol. The van der Waals surface area contributed by atoms with Crippen LogP contribution in [-0.2, 0) is 10.8 Å². The maximum Gasteiger partial charge on any atom is 0.251 e. The molecule has 0 N–H and O–H groups in total. The number of rotatable bonds is 6. The van der Waals surface area contributed by atoms with Crippen LogP contribution in [-0.4, -0.2) is 6.71 Å². The molecule has 0 atom stereocenters. The molecular formula is C58H58BNO. The number of nitrogens with zero attached hydrogens (tertiary/aromatic N) is 1. The highest BCUT2D eigenvalue weighted by Gasteiger charge is 2.42. The van der Waals surface area contributed by atoms with Crippen LogP contribution >= 0.6 is 0 Å². The van der Waals surface area contributed by atoms with Crippen molar-refractivity contribution < 1.29 is 4.74 Å². The normalized spacial score (nSPS) is 15.8. The van der Waals surface area contributed by atoms with Crippen LogP contribution in [0.2, 0.25) is 0 Å². The van der Waals surface area contributed by atoms with Crippen molar-refractivity contribution in [3.05, 3.63) is 201 Å². The predicted octanol–water partition coefficient (Wildman–Crippen LogP) is 13.6. The molecule has 304 valence electrons. The molecule has 2 nitrogen and oxygen atoms in total. The monoisotopic (exact) mass is 795 g/mol. The van der Waals surface area contributed by atoms with Gasteiger partial charge in [0.25, 0.3) is 6.71 Å². The molecule has 0 radical (unpaired) electrons. The highest BCUT2D eigenvalue weighted by molar-refractivity contribution is 6.97. The first-order valence-electron chi connectivity index (χ1n) is 22.6. The Morgan fingerprint density at radius 2 is 0.951 bits per heavy atom. The van der Waals surface area contributed by atoms with E-state index >= 15 is 0 Å². The largest absolute Gasteiger partial charge is 0.458 e. The van der Waals surface area contributed by atoms with E-state index in [0.717, 1.165) is 17.2 Å². The molecule has 3 aliphatic rings. The molecule has 0 saturated carbocycles. The summed E-state index contributed by atoms with van der Waals surface area (Å²) in [5, 5.41) is 0. The van der Waals surface area contributed by atoms with Gasteiger partial charge < -0.3 is 9.64 Å². The van der Waals surface area contributed by atoms with E-state index in [1.165, 1.54) is 83.4 Å². The summed E-state index contributed by atoms with van der Waals surface area (Å²) in [6.07, 6.45) is 0. The highest BCUT2D eigenvalue weighted by atomic mass is 16.5. The van der Waals surface area contributed by atoms with E-state index in [9.17, 15) is 0 Å². The topological polar surface area (TPSA) is 12.5 Å². The van der Waals surface area contributed by atoms with Crippen LogP contribution < -0.4 is 26.0 Å². The van der Waals surface area contributed by atoms with Crippen LogP contribution in [0.25, 0.3) is 0 Å². The number of fused-ring (bicyclic) bond motifs is 6. The fourth-order valence-electron chi connectivity index (χ4n) is 11.3. The number of para-hydroxylation sites is 2. The minimum atomic E-state index is -0.138. The van der Waals surface area contributed by atoms with Gasteiger partial charge >= 0.3 is 0 Å². The zero-order valence-electron chi connectivity index (χ0n) is 37.6. The van der Waals surface area contributed by atoms with Crippen molar-refractivity contribution in [2.24, 2.45) is 0 Å².